The second kappa shape index (κ2) is 3.31. The van der Waals surface area contributed by atoms with Gasteiger partial charge in [-0.2, -0.15) is 0 Å². The molecule has 0 unspecified atom stereocenters. The summed E-state index contributed by atoms with van der Waals surface area (Å²) in [6.45, 7) is 0.531. The van der Waals surface area contributed by atoms with E-state index in [1.165, 1.54) is 6.07 Å². The van der Waals surface area contributed by atoms with E-state index >= 15 is 0 Å². The van der Waals surface area contributed by atoms with Gasteiger partial charge in [0.05, 0.1) is 5.02 Å². The third-order valence-corrected chi connectivity index (χ3v) is 2.77. The second-order valence-corrected chi connectivity index (χ2v) is 4.00. The summed E-state index contributed by atoms with van der Waals surface area (Å²) in [5.74, 6) is -0.335. The Hall–Kier alpha value is -0.535. The van der Waals surface area contributed by atoms with E-state index in [4.69, 9.17) is 11.6 Å². The van der Waals surface area contributed by atoms with Crippen LogP contribution in [0.3, 0.4) is 0 Å². The van der Waals surface area contributed by atoms with Crippen molar-refractivity contribution in [1.82, 2.24) is 4.90 Å². The molecule has 0 atom stereocenters. The van der Waals surface area contributed by atoms with E-state index < -0.39 is 0 Å². The summed E-state index contributed by atoms with van der Waals surface area (Å²) >= 11 is 5.69. The zero-order valence-electron chi connectivity index (χ0n) is 7.43. The Bertz CT molecular complexity index is 325. The van der Waals surface area contributed by atoms with Gasteiger partial charge in [-0.1, -0.05) is 23.1 Å². The van der Waals surface area contributed by atoms with Crippen LogP contribution in [0.1, 0.15) is 0 Å². The van der Waals surface area contributed by atoms with E-state index in [9.17, 15) is 4.39 Å². The van der Waals surface area contributed by atoms with Crippen molar-refractivity contribution in [3.05, 3.63) is 29.0 Å². The van der Waals surface area contributed by atoms with Gasteiger partial charge in [0.1, 0.15) is 5.82 Å². The zero-order valence-corrected chi connectivity index (χ0v) is 8.18. The van der Waals surface area contributed by atoms with E-state index in [2.05, 4.69) is 11.9 Å². The van der Waals surface area contributed by atoms with Crippen molar-refractivity contribution in [1.29, 1.82) is 0 Å². The van der Waals surface area contributed by atoms with Gasteiger partial charge in [0.2, 0.25) is 6.71 Å². The minimum absolute atomic E-state index is 0.229. The predicted octanol–water partition coefficient (Wildman–Crippen LogP) is 1.20. The van der Waals surface area contributed by atoms with E-state index in [0.29, 0.717) is 6.71 Å². The van der Waals surface area contributed by atoms with Gasteiger partial charge in [0.25, 0.3) is 0 Å². The summed E-state index contributed by atoms with van der Waals surface area (Å²) in [4.78, 5) is 2.22. The maximum absolute atomic E-state index is 12.8. The first-order chi connectivity index (χ1) is 6.16. The van der Waals surface area contributed by atoms with Crippen LogP contribution in [0.2, 0.25) is 5.02 Å². The Morgan fingerprint density at radius 1 is 1.46 bits per heavy atom. The quantitative estimate of drug-likeness (QED) is 0.612. The lowest BCUT2D eigenvalue weighted by atomic mass is 9.39. The molecule has 68 valence electrons. The average Bonchev–Trinajstić information content (AvgIpc) is 2.05. The maximum Gasteiger partial charge on any atom is 0.205 e. The van der Waals surface area contributed by atoms with Gasteiger partial charge in [-0.15, -0.1) is 0 Å². The van der Waals surface area contributed by atoms with Gasteiger partial charge in [-0.3, -0.25) is 0 Å². The first kappa shape index (κ1) is 9.04. The first-order valence-electron chi connectivity index (χ1n) is 4.30. The standard InChI is InChI=1S/C9H10BClFN/c1-13-5-10(6-13)7-2-3-9(12)8(11)4-7/h2-4H,5-6H2,1H3. The van der Waals surface area contributed by atoms with Crippen molar-refractivity contribution >= 4 is 23.8 Å². The van der Waals surface area contributed by atoms with Crippen LogP contribution in [0.4, 0.5) is 4.39 Å². The summed E-state index contributed by atoms with van der Waals surface area (Å²) < 4.78 is 12.8. The Kier molecular flexibility index (Phi) is 2.30. The van der Waals surface area contributed by atoms with Gasteiger partial charge in [0.15, 0.2) is 0 Å². The van der Waals surface area contributed by atoms with Gasteiger partial charge in [-0.25, -0.2) is 4.39 Å². The Labute approximate surface area is 82.6 Å². The molecule has 13 heavy (non-hydrogen) atoms. The Morgan fingerprint density at radius 3 is 2.69 bits per heavy atom. The summed E-state index contributed by atoms with van der Waals surface area (Å²) in [6.07, 6.45) is 2.09. The molecule has 1 fully saturated rings. The number of hydrogen-bond acceptors (Lipinski definition) is 1. The molecule has 1 saturated heterocycles. The number of benzene rings is 1. The fourth-order valence-corrected chi connectivity index (χ4v) is 1.87. The van der Waals surface area contributed by atoms with Crippen LogP contribution in [0.15, 0.2) is 18.2 Å². The lowest BCUT2D eigenvalue weighted by Gasteiger charge is -2.34. The van der Waals surface area contributed by atoms with E-state index in [0.717, 1.165) is 18.4 Å². The van der Waals surface area contributed by atoms with E-state index in [1.54, 1.807) is 6.07 Å². The summed E-state index contributed by atoms with van der Waals surface area (Å²) in [5.41, 5.74) is 1.14. The van der Waals surface area contributed by atoms with E-state index in [-0.39, 0.29) is 10.8 Å². The molecule has 1 nitrogen and oxygen atoms in total. The van der Waals surface area contributed by atoms with Crippen LogP contribution in [0.25, 0.3) is 0 Å². The van der Waals surface area contributed by atoms with E-state index in [1.807, 2.05) is 6.07 Å². The molecule has 1 aliphatic rings. The Morgan fingerprint density at radius 2 is 2.15 bits per heavy atom. The number of nitrogens with zero attached hydrogens (tertiary/aromatic N) is 1. The third-order valence-electron chi connectivity index (χ3n) is 2.48. The fourth-order valence-electron chi connectivity index (χ4n) is 1.68. The summed E-state index contributed by atoms with van der Waals surface area (Å²) in [6, 6.07) is 4.99. The van der Waals surface area contributed by atoms with Crippen LogP contribution in [-0.2, 0) is 0 Å². The molecule has 0 amide bonds. The average molecular weight is 197 g/mol. The van der Waals surface area contributed by atoms with Crippen LogP contribution < -0.4 is 5.46 Å². The summed E-state index contributed by atoms with van der Waals surface area (Å²) in [5, 5.41) is 0.229. The highest BCUT2D eigenvalue weighted by molar-refractivity contribution is 6.75. The SMILES string of the molecule is CN1CB(c2ccc(F)c(Cl)c2)C1. The number of halogens is 2. The lowest BCUT2D eigenvalue weighted by molar-refractivity contribution is 0.396. The highest BCUT2D eigenvalue weighted by atomic mass is 35.5. The molecule has 1 aromatic rings. The number of rotatable bonds is 1. The Balaban J connectivity index is 2.18. The molecule has 1 aliphatic heterocycles. The minimum Gasteiger partial charge on any atom is -0.320 e. The molecular formula is C9H10BClFN. The molecule has 0 spiro atoms. The first-order valence-corrected chi connectivity index (χ1v) is 4.68. The molecule has 0 aliphatic carbocycles. The molecule has 0 N–H and O–H groups in total. The number of hydrogen-bond donors (Lipinski definition) is 0. The highest BCUT2D eigenvalue weighted by Crippen LogP contribution is 2.13. The monoisotopic (exact) mass is 197 g/mol. The maximum atomic E-state index is 12.8. The third kappa shape index (κ3) is 1.72. The predicted molar refractivity (Wildman–Crippen MR) is 54.3 cm³/mol. The molecular weight excluding hydrogens is 187 g/mol. The minimum atomic E-state index is -0.335. The molecule has 1 heterocycles. The molecule has 0 radical (unpaired) electrons. The second-order valence-electron chi connectivity index (χ2n) is 3.59. The highest BCUT2D eigenvalue weighted by Gasteiger charge is 2.29. The fraction of sp³-hybridized carbons (Fsp3) is 0.333. The largest absolute Gasteiger partial charge is 0.320 e. The zero-order chi connectivity index (χ0) is 9.42. The van der Waals surface area contributed by atoms with Crippen molar-refractivity contribution in [2.24, 2.45) is 0 Å². The van der Waals surface area contributed by atoms with Gasteiger partial charge in [-0.05, 0) is 32.1 Å². The van der Waals surface area contributed by atoms with Crippen molar-refractivity contribution in [3.8, 4) is 0 Å². The summed E-state index contributed by atoms with van der Waals surface area (Å²) in [7, 11) is 2.07. The molecule has 2 rings (SSSR count). The van der Waals surface area contributed by atoms with Crippen molar-refractivity contribution in [2.75, 3.05) is 19.9 Å². The van der Waals surface area contributed by atoms with Crippen molar-refractivity contribution in [3.63, 3.8) is 0 Å². The molecule has 0 saturated carbocycles. The molecule has 4 heteroatoms. The van der Waals surface area contributed by atoms with Crippen LogP contribution in [0.5, 0.6) is 0 Å². The van der Waals surface area contributed by atoms with Crippen molar-refractivity contribution < 1.29 is 4.39 Å². The van der Waals surface area contributed by atoms with Gasteiger partial charge < -0.3 is 4.90 Å². The molecule has 0 aromatic heterocycles. The van der Waals surface area contributed by atoms with Gasteiger partial charge >= 0.3 is 0 Å². The smallest absolute Gasteiger partial charge is 0.205 e. The van der Waals surface area contributed by atoms with Crippen LogP contribution >= 0.6 is 11.6 Å². The molecule has 0 bridgehead atoms. The normalized spacial score (nSPS) is 17.3. The van der Waals surface area contributed by atoms with Crippen LogP contribution in [0, 0.1) is 5.82 Å². The lowest BCUT2D eigenvalue weighted by Crippen LogP contribution is -2.59. The van der Waals surface area contributed by atoms with Crippen LogP contribution in [-0.4, -0.2) is 31.5 Å². The van der Waals surface area contributed by atoms with Gasteiger partial charge in [0, 0.05) is 0 Å². The topological polar surface area (TPSA) is 3.24 Å². The van der Waals surface area contributed by atoms with Crippen molar-refractivity contribution in [2.45, 2.75) is 0 Å². The molecule has 1 aromatic carbocycles.